The van der Waals surface area contributed by atoms with E-state index in [2.05, 4.69) is 27.3 Å². The maximum absolute atomic E-state index is 11.7. The molecule has 128 valence electrons. The summed E-state index contributed by atoms with van der Waals surface area (Å²) in [5, 5.41) is 3.10. The first-order chi connectivity index (χ1) is 11.0. The Balaban J connectivity index is 1.70. The standard InChI is InChI=1S/C16H26N4O2S/c1-17-16-12-13(5-8-18-16)15-4-3-9-20(15)14-6-10-19(11-7-14)23(2,21)22/h5,8,12,14-15H,3-4,6-7,9-11H2,1-2H3,(H,17,18)/t15-/m0/s1. The Morgan fingerprint density at radius 3 is 2.61 bits per heavy atom. The van der Waals surface area contributed by atoms with Crippen LogP contribution in [0.2, 0.25) is 0 Å². The third-order valence-corrected chi connectivity index (χ3v) is 6.38. The lowest BCUT2D eigenvalue weighted by Crippen LogP contribution is -2.46. The third kappa shape index (κ3) is 3.67. The minimum absolute atomic E-state index is 0.430. The number of rotatable bonds is 4. The van der Waals surface area contributed by atoms with E-state index in [0.717, 1.165) is 25.2 Å². The molecule has 0 aromatic carbocycles. The van der Waals surface area contributed by atoms with Crippen molar-refractivity contribution in [2.24, 2.45) is 0 Å². The van der Waals surface area contributed by atoms with Gasteiger partial charge < -0.3 is 5.32 Å². The largest absolute Gasteiger partial charge is 0.373 e. The van der Waals surface area contributed by atoms with Crippen molar-refractivity contribution in [1.29, 1.82) is 0 Å². The van der Waals surface area contributed by atoms with Crippen molar-refractivity contribution in [1.82, 2.24) is 14.2 Å². The highest BCUT2D eigenvalue weighted by atomic mass is 32.2. The molecular weight excluding hydrogens is 312 g/mol. The van der Waals surface area contributed by atoms with Gasteiger partial charge in [-0.3, -0.25) is 4.90 Å². The maximum atomic E-state index is 11.7. The number of likely N-dealkylation sites (tertiary alicyclic amines) is 1. The number of hydrogen-bond donors (Lipinski definition) is 1. The molecule has 0 radical (unpaired) electrons. The molecule has 0 bridgehead atoms. The molecule has 1 aromatic heterocycles. The number of nitrogens with zero attached hydrogens (tertiary/aromatic N) is 3. The molecule has 2 aliphatic rings. The fourth-order valence-corrected chi connectivity index (χ4v) is 4.75. The van der Waals surface area contributed by atoms with Crippen LogP contribution in [0.25, 0.3) is 0 Å². The van der Waals surface area contributed by atoms with E-state index in [1.54, 1.807) is 4.31 Å². The predicted molar refractivity (Wildman–Crippen MR) is 91.9 cm³/mol. The molecule has 0 unspecified atom stereocenters. The van der Waals surface area contributed by atoms with Gasteiger partial charge in [0.15, 0.2) is 0 Å². The second-order valence-electron chi connectivity index (χ2n) is 6.51. The van der Waals surface area contributed by atoms with E-state index in [1.807, 2.05) is 13.2 Å². The van der Waals surface area contributed by atoms with E-state index >= 15 is 0 Å². The molecule has 6 nitrogen and oxygen atoms in total. The van der Waals surface area contributed by atoms with Gasteiger partial charge in [-0.05, 0) is 49.9 Å². The summed E-state index contributed by atoms with van der Waals surface area (Å²) in [5.74, 6) is 0.904. The van der Waals surface area contributed by atoms with Gasteiger partial charge in [0.2, 0.25) is 10.0 Å². The average molecular weight is 338 g/mol. The van der Waals surface area contributed by atoms with Crippen molar-refractivity contribution >= 4 is 15.8 Å². The summed E-state index contributed by atoms with van der Waals surface area (Å²) >= 11 is 0. The van der Waals surface area contributed by atoms with Gasteiger partial charge in [-0.2, -0.15) is 0 Å². The molecule has 23 heavy (non-hydrogen) atoms. The van der Waals surface area contributed by atoms with E-state index in [0.29, 0.717) is 25.2 Å². The zero-order valence-electron chi connectivity index (χ0n) is 13.9. The molecule has 2 saturated heterocycles. The highest BCUT2D eigenvalue weighted by Crippen LogP contribution is 2.36. The molecule has 2 fully saturated rings. The smallest absolute Gasteiger partial charge is 0.211 e. The van der Waals surface area contributed by atoms with Gasteiger partial charge >= 0.3 is 0 Å². The number of aromatic nitrogens is 1. The van der Waals surface area contributed by atoms with Crippen LogP contribution >= 0.6 is 0 Å². The SMILES string of the molecule is CNc1cc([C@@H]2CCCN2C2CCN(S(C)(=O)=O)CC2)ccn1. The van der Waals surface area contributed by atoms with E-state index in [9.17, 15) is 8.42 Å². The van der Waals surface area contributed by atoms with E-state index in [4.69, 9.17) is 0 Å². The fraction of sp³-hybridized carbons (Fsp3) is 0.688. The Labute approximate surface area is 138 Å². The summed E-state index contributed by atoms with van der Waals surface area (Å²) < 4.78 is 24.9. The van der Waals surface area contributed by atoms with Crippen molar-refractivity contribution in [3.63, 3.8) is 0 Å². The van der Waals surface area contributed by atoms with Crippen molar-refractivity contribution in [2.45, 2.75) is 37.8 Å². The monoisotopic (exact) mass is 338 g/mol. The van der Waals surface area contributed by atoms with Crippen LogP contribution in [0.5, 0.6) is 0 Å². The van der Waals surface area contributed by atoms with Crippen LogP contribution in [0.1, 0.15) is 37.3 Å². The van der Waals surface area contributed by atoms with Crippen LogP contribution in [0.4, 0.5) is 5.82 Å². The topological polar surface area (TPSA) is 65.5 Å². The summed E-state index contributed by atoms with van der Waals surface area (Å²) in [5.41, 5.74) is 1.31. The van der Waals surface area contributed by atoms with Crippen LogP contribution < -0.4 is 5.32 Å². The Morgan fingerprint density at radius 2 is 1.96 bits per heavy atom. The molecule has 0 amide bonds. The average Bonchev–Trinajstić information content (AvgIpc) is 3.04. The quantitative estimate of drug-likeness (QED) is 0.905. The molecule has 0 spiro atoms. The van der Waals surface area contributed by atoms with Crippen LogP contribution in [0, 0.1) is 0 Å². The van der Waals surface area contributed by atoms with Gasteiger partial charge in [0.25, 0.3) is 0 Å². The van der Waals surface area contributed by atoms with Gasteiger partial charge in [0, 0.05) is 38.4 Å². The van der Waals surface area contributed by atoms with Crippen LogP contribution in [0.3, 0.4) is 0 Å². The molecule has 1 atom stereocenters. The second-order valence-corrected chi connectivity index (χ2v) is 8.50. The van der Waals surface area contributed by atoms with Gasteiger partial charge in [-0.25, -0.2) is 17.7 Å². The van der Waals surface area contributed by atoms with E-state index < -0.39 is 10.0 Å². The van der Waals surface area contributed by atoms with Crippen molar-refractivity contribution in [3.05, 3.63) is 23.9 Å². The highest BCUT2D eigenvalue weighted by Gasteiger charge is 2.35. The zero-order valence-corrected chi connectivity index (χ0v) is 14.7. The molecule has 0 saturated carbocycles. The lowest BCUT2D eigenvalue weighted by Gasteiger charge is -2.38. The molecule has 1 N–H and O–H groups in total. The van der Waals surface area contributed by atoms with Crippen LogP contribution in [0.15, 0.2) is 18.3 Å². The number of anilines is 1. The maximum Gasteiger partial charge on any atom is 0.211 e. The molecule has 1 aromatic rings. The van der Waals surface area contributed by atoms with E-state index in [-0.39, 0.29) is 0 Å². The minimum atomic E-state index is -3.05. The molecule has 3 rings (SSSR count). The normalized spacial score (nSPS) is 24.9. The number of piperidine rings is 1. The lowest BCUT2D eigenvalue weighted by atomic mass is 10.00. The van der Waals surface area contributed by atoms with Crippen molar-refractivity contribution < 1.29 is 8.42 Å². The number of hydrogen-bond acceptors (Lipinski definition) is 5. The summed E-state index contributed by atoms with van der Waals surface area (Å²) in [6.07, 6.45) is 7.39. The van der Waals surface area contributed by atoms with Crippen LogP contribution in [-0.2, 0) is 10.0 Å². The fourth-order valence-electron chi connectivity index (χ4n) is 3.88. The summed E-state index contributed by atoms with van der Waals surface area (Å²) in [6, 6.07) is 5.15. The van der Waals surface area contributed by atoms with Gasteiger partial charge in [0.1, 0.15) is 5.82 Å². The molecule has 3 heterocycles. The Hall–Kier alpha value is -1.18. The lowest BCUT2D eigenvalue weighted by molar-refractivity contribution is 0.127. The summed E-state index contributed by atoms with van der Waals surface area (Å²) in [6.45, 7) is 2.39. The van der Waals surface area contributed by atoms with Gasteiger partial charge in [-0.15, -0.1) is 0 Å². The Bertz CT molecular complexity index is 641. The van der Waals surface area contributed by atoms with Crippen molar-refractivity contribution in [2.75, 3.05) is 38.3 Å². The first-order valence-corrected chi connectivity index (χ1v) is 10.2. The summed E-state index contributed by atoms with van der Waals surface area (Å²) in [4.78, 5) is 6.88. The molecule has 2 aliphatic heterocycles. The highest BCUT2D eigenvalue weighted by molar-refractivity contribution is 7.88. The molecule has 7 heteroatoms. The first-order valence-electron chi connectivity index (χ1n) is 8.33. The van der Waals surface area contributed by atoms with E-state index in [1.165, 1.54) is 24.7 Å². The Morgan fingerprint density at radius 1 is 1.22 bits per heavy atom. The molecular formula is C16H26N4O2S. The number of sulfonamides is 1. The summed E-state index contributed by atoms with van der Waals surface area (Å²) in [7, 11) is -1.16. The predicted octanol–water partition coefficient (Wildman–Crippen LogP) is 1.68. The number of nitrogens with one attached hydrogen (secondary N) is 1. The molecule has 0 aliphatic carbocycles. The minimum Gasteiger partial charge on any atom is -0.373 e. The van der Waals surface area contributed by atoms with Crippen molar-refractivity contribution in [3.8, 4) is 0 Å². The third-order valence-electron chi connectivity index (χ3n) is 5.08. The van der Waals surface area contributed by atoms with Crippen LogP contribution in [-0.4, -0.2) is 61.6 Å². The number of pyridine rings is 1. The zero-order chi connectivity index (χ0) is 16.4. The first kappa shape index (κ1) is 16.7. The Kier molecular flexibility index (Phi) is 4.89. The second kappa shape index (κ2) is 6.75. The van der Waals surface area contributed by atoms with Gasteiger partial charge in [0.05, 0.1) is 6.26 Å². The van der Waals surface area contributed by atoms with Gasteiger partial charge in [-0.1, -0.05) is 0 Å².